The molecule has 0 radical (unpaired) electrons. The predicted molar refractivity (Wildman–Crippen MR) is 93.5 cm³/mol. The Hall–Kier alpha value is -2.54. The molecule has 0 spiro atoms. The fourth-order valence-corrected chi connectivity index (χ4v) is 3.67. The van der Waals surface area contributed by atoms with Gasteiger partial charge in [0, 0.05) is 12.1 Å². The first-order valence-corrected chi connectivity index (χ1v) is 8.62. The number of primary amides is 1. The van der Waals surface area contributed by atoms with E-state index in [1.165, 1.54) is 13.2 Å². The average Bonchev–Trinajstić information content (AvgIpc) is 3.25. The van der Waals surface area contributed by atoms with Gasteiger partial charge < -0.3 is 20.7 Å². The van der Waals surface area contributed by atoms with E-state index in [9.17, 15) is 9.59 Å². The molecule has 3 amide bonds. The van der Waals surface area contributed by atoms with Crippen LogP contribution in [0.25, 0.3) is 0 Å². The first-order chi connectivity index (χ1) is 11.6. The molecule has 2 heterocycles. The second-order valence-electron chi connectivity index (χ2n) is 5.62. The topological polar surface area (TPSA) is 84.7 Å². The maximum atomic E-state index is 12.7. The average molecular weight is 345 g/mol. The van der Waals surface area contributed by atoms with E-state index >= 15 is 0 Å². The van der Waals surface area contributed by atoms with Crippen LogP contribution in [0.1, 0.15) is 34.8 Å². The lowest BCUT2D eigenvalue weighted by molar-refractivity contribution is 0.1000. The number of carbonyl (C=O) groups is 2. The molecule has 1 atom stereocenters. The van der Waals surface area contributed by atoms with Gasteiger partial charge in [0.05, 0.1) is 18.8 Å². The lowest BCUT2D eigenvalue weighted by Gasteiger charge is -2.25. The number of carbonyl (C=O) groups excluding carboxylic acids is 2. The Morgan fingerprint density at radius 2 is 2.21 bits per heavy atom. The van der Waals surface area contributed by atoms with E-state index in [1.807, 2.05) is 10.3 Å². The van der Waals surface area contributed by atoms with Crippen molar-refractivity contribution in [3.8, 4) is 5.75 Å². The van der Waals surface area contributed by atoms with Crippen molar-refractivity contribution in [2.45, 2.75) is 18.9 Å². The van der Waals surface area contributed by atoms with E-state index < -0.39 is 5.91 Å². The van der Waals surface area contributed by atoms with Gasteiger partial charge >= 0.3 is 6.03 Å². The molecule has 1 aromatic heterocycles. The predicted octanol–water partition coefficient (Wildman–Crippen LogP) is 3.22. The van der Waals surface area contributed by atoms with Gasteiger partial charge in [-0.05, 0) is 53.4 Å². The molecule has 7 heteroatoms. The van der Waals surface area contributed by atoms with E-state index in [0.717, 1.165) is 18.4 Å². The summed E-state index contributed by atoms with van der Waals surface area (Å²) in [6.07, 6.45) is 1.91. The number of anilines is 1. The lowest BCUT2D eigenvalue weighted by atomic mass is 10.1. The van der Waals surface area contributed by atoms with Crippen LogP contribution in [0, 0.1) is 0 Å². The van der Waals surface area contributed by atoms with Crippen LogP contribution >= 0.6 is 11.3 Å². The highest BCUT2D eigenvalue weighted by molar-refractivity contribution is 7.08. The molecule has 0 saturated carbocycles. The third-order valence-corrected chi connectivity index (χ3v) is 4.87. The molecule has 3 N–H and O–H groups in total. The SMILES string of the molecule is COc1ccc(C(N)=O)cc1NC(=O)N1CCCC1c1ccsc1. The molecule has 2 aromatic rings. The van der Waals surface area contributed by atoms with Gasteiger partial charge in [0.15, 0.2) is 0 Å². The number of nitrogens with two attached hydrogens (primary N) is 1. The number of nitrogens with zero attached hydrogens (tertiary/aromatic N) is 1. The van der Waals surface area contributed by atoms with Gasteiger partial charge in [-0.25, -0.2) is 4.79 Å². The summed E-state index contributed by atoms with van der Waals surface area (Å²) in [4.78, 5) is 25.9. The zero-order valence-corrected chi connectivity index (χ0v) is 14.1. The maximum absolute atomic E-state index is 12.7. The van der Waals surface area contributed by atoms with Gasteiger partial charge in [-0.15, -0.1) is 0 Å². The summed E-state index contributed by atoms with van der Waals surface area (Å²) in [6.45, 7) is 0.699. The number of likely N-dealkylation sites (tertiary alicyclic amines) is 1. The second-order valence-corrected chi connectivity index (χ2v) is 6.40. The highest BCUT2D eigenvalue weighted by Gasteiger charge is 2.30. The zero-order chi connectivity index (χ0) is 17.1. The Bertz CT molecular complexity index is 746. The minimum Gasteiger partial charge on any atom is -0.495 e. The number of amides is 3. The van der Waals surface area contributed by atoms with Crippen LogP contribution in [0.3, 0.4) is 0 Å². The van der Waals surface area contributed by atoms with E-state index in [0.29, 0.717) is 23.5 Å². The maximum Gasteiger partial charge on any atom is 0.322 e. The van der Waals surface area contributed by atoms with E-state index in [2.05, 4.69) is 16.8 Å². The zero-order valence-electron chi connectivity index (χ0n) is 13.3. The molecule has 1 aliphatic rings. The van der Waals surface area contributed by atoms with Gasteiger partial charge in [-0.3, -0.25) is 4.79 Å². The summed E-state index contributed by atoms with van der Waals surface area (Å²) >= 11 is 1.63. The van der Waals surface area contributed by atoms with Crippen LogP contribution in [0.4, 0.5) is 10.5 Å². The molecule has 1 unspecified atom stereocenters. The molecular formula is C17H19N3O3S. The van der Waals surface area contributed by atoms with Crippen LogP contribution in [0.2, 0.25) is 0 Å². The van der Waals surface area contributed by atoms with Gasteiger partial charge in [-0.2, -0.15) is 11.3 Å². The number of nitrogens with one attached hydrogen (secondary N) is 1. The van der Waals surface area contributed by atoms with Crippen LogP contribution in [-0.2, 0) is 0 Å². The number of rotatable bonds is 4. The lowest BCUT2D eigenvalue weighted by Crippen LogP contribution is -2.34. The second kappa shape index (κ2) is 6.92. The number of hydrogen-bond donors (Lipinski definition) is 2. The largest absolute Gasteiger partial charge is 0.495 e. The molecule has 6 nitrogen and oxygen atoms in total. The van der Waals surface area contributed by atoms with Crippen molar-refractivity contribution in [2.24, 2.45) is 5.73 Å². The highest BCUT2D eigenvalue weighted by atomic mass is 32.1. The first-order valence-electron chi connectivity index (χ1n) is 7.67. The molecule has 1 fully saturated rings. The van der Waals surface area contributed by atoms with E-state index in [1.54, 1.807) is 23.5 Å². The smallest absolute Gasteiger partial charge is 0.322 e. The first kappa shape index (κ1) is 16.3. The van der Waals surface area contributed by atoms with Crippen LogP contribution in [0.5, 0.6) is 5.75 Å². The highest BCUT2D eigenvalue weighted by Crippen LogP contribution is 2.34. The molecule has 1 aliphatic heterocycles. The van der Waals surface area contributed by atoms with Crippen molar-refractivity contribution in [1.82, 2.24) is 4.90 Å². The van der Waals surface area contributed by atoms with Crippen molar-refractivity contribution < 1.29 is 14.3 Å². The Labute approximate surface area is 144 Å². The van der Waals surface area contributed by atoms with Crippen LogP contribution in [-0.4, -0.2) is 30.5 Å². The fraction of sp³-hybridized carbons (Fsp3) is 0.294. The van der Waals surface area contributed by atoms with Crippen LogP contribution < -0.4 is 15.8 Å². The van der Waals surface area contributed by atoms with Gasteiger partial charge in [-0.1, -0.05) is 0 Å². The molecule has 1 aromatic carbocycles. The van der Waals surface area contributed by atoms with Gasteiger partial charge in [0.2, 0.25) is 5.91 Å². The molecule has 0 aliphatic carbocycles. The summed E-state index contributed by atoms with van der Waals surface area (Å²) in [7, 11) is 1.51. The summed E-state index contributed by atoms with van der Waals surface area (Å²) < 4.78 is 5.26. The molecule has 126 valence electrons. The van der Waals surface area contributed by atoms with E-state index in [4.69, 9.17) is 10.5 Å². The normalized spacial score (nSPS) is 16.9. The number of methoxy groups -OCH3 is 1. The molecule has 0 bridgehead atoms. The third-order valence-electron chi connectivity index (χ3n) is 4.17. The fourth-order valence-electron chi connectivity index (χ4n) is 2.97. The minimum atomic E-state index is -0.550. The monoisotopic (exact) mass is 345 g/mol. The number of benzene rings is 1. The van der Waals surface area contributed by atoms with Crippen molar-refractivity contribution in [3.63, 3.8) is 0 Å². The van der Waals surface area contributed by atoms with Gasteiger partial charge in [0.25, 0.3) is 0 Å². The number of urea groups is 1. The number of ether oxygens (including phenoxy) is 1. The number of hydrogen-bond acceptors (Lipinski definition) is 4. The molecular weight excluding hydrogens is 326 g/mol. The summed E-state index contributed by atoms with van der Waals surface area (Å²) in [5, 5.41) is 6.94. The number of thiophene rings is 1. The van der Waals surface area contributed by atoms with Crippen LogP contribution in [0.15, 0.2) is 35.0 Å². The Morgan fingerprint density at radius 3 is 2.88 bits per heavy atom. The van der Waals surface area contributed by atoms with Crippen molar-refractivity contribution in [3.05, 3.63) is 46.2 Å². The Morgan fingerprint density at radius 1 is 1.38 bits per heavy atom. The summed E-state index contributed by atoms with van der Waals surface area (Å²) in [5.74, 6) is -0.0647. The van der Waals surface area contributed by atoms with Crippen molar-refractivity contribution >= 4 is 29.0 Å². The van der Waals surface area contributed by atoms with Crippen molar-refractivity contribution in [2.75, 3.05) is 19.0 Å². The molecule has 3 rings (SSSR count). The summed E-state index contributed by atoms with van der Waals surface area (Å²) in [5.41, 5.74) is 7.23. The Balaban J connectivity index is 1.81. The quantitative estimate of drug-likeness (QED) is 0.892. The standard InChI is InChI=1S/C17H19N3O3S/c1-23-15-5-4-11(16(18)21)9-13(15)19-17(22)20-7-2-3-14(20)12-6-8-24-10-12/h4-6,8-10,14H,2-3,7H2,1H3,(H2,18,21)(H,19,22). The Kier molecular flexibility index (Phi) is 4.71. The summed E-state index contributed by atoms with van der Waals surface area (Å²) in [6, 6.07) is 6.66. The molecule has 1 saturated heterocycles. The third kappa shape index (κ3) is 3.21. The van der Waals surface area contributed by atoms with Gasteiger partial charge in [0.1, 0.15) is 5.75 Å². The molecule has 24 heavy (non-hydrogen) atoms. The van der Waals surface area contributed by atoms with E-state index in [-0.39, 0.29) is 12.1 Å². The minimum absolute atomic E-state index is 0.0848. The van der Waals surface area contributed by atoms with Crippen molar-refractivity contribution in [1.29, 1.82) is 0 Å².